The first-order valence-electron chi connectivity index (χ1n) is 5.74. The fourth-order valence-electron chi connectivity index (χ4n) is 2.27. The molecule has 0 radical (unpaired) electrons. The average Bonchev–Trinajstić information content (AvgIpc) is 2.22. The minimum atomic E-state index is -0.672. The van der Waals surface area contributed by atoms with Crippen molar-refractivity contribution >= 4 is 5.97 Å². The van der Waals surface area contributed by atoms with E-state index in [-0.39, 0.29) is 12.1 Å². The molecule has 0 saturated heterocycles. The zero-order chi connectivity index (χ0) is 13.1. The molecule has 1 rings (SSSR count). The summed E-state index contributed by atoms with van der Waals surface area (Å²) in [5.74, 6) is -0.909. The molecule has 1 fully saturated rings. The summed E-state index contributed by atoms with van der Waals surface area (Å²) in [6.45, 7) is 3.99. The number of methoxy groups -OCH3 is 3. The van der Waals surface area contributed by atoms with Gasteiger partial charge in [-0.15, -0.1) is 0 Å². The molecular formula is C12H22O5. The van der Waals surface area contributed by atoms with Crippen molar-refractivity contribution in [3.05, 3.63) is 0 Å². The van der Waals surface area contributed by atoms with E-state index in [4.69, 9.17) is 18.9 Å². The number of hydrogen-bond donors (Lipinski definition) is 0. The Bertz CT molecular complexity index is 262. The molecule has 1 aliphatic carbocycles. The van der Waals surface area contributed by atoms with Crippen LogP contribution in [0.2, 0.25) is 0 Å². The van der Waals surface area contributed by atoms with E-state index in [1.54, 1.807) is 21.3 Å². The van der Waals surface area contributed by atoms with Gasteiger partial charge in [0.2, 0.25) is 0 Å². The van der Waals surface area contributed by atoms with Crippen molar-refractivity contribution in [3.8, 4) is 0 Å². The molecule has 5 nitrogen and oxygen atoms in total. The first-order valence-corrected chi connectivity index (χ1v) is 5.74. The van der Waals surface area contributed by atoms with Gasteiger partial charge in [-0.2, -0.15) is 0 Å². The van der Waals surface area contributed by atoms with Crippen LogP contribution in [0.3, 0.4) is 0 Å². The Morgan fingerprint density at radius 2 is 1.71 bits per heavy atom. The van der Waals surface area contributed by atoms with Crippen LogP contribution in [0.15, 0.2) is 0 Å². The van der Waals surface area contributed by atoms with Crippen LogP contribution >= 0.6 is 0 Å². The van der Waals surface area contributed by atoms with E-state index in [0.29, 0.717) is 19.4 Å². The Kier molecular flexibility index (Phi) is 4.52. The molecule has 100 valence electrons. The van der Waals surface area contributed by atoms with Gasteiger partial charge in [0.05, 0.1) is 12.7 Å². The van der Waals surface area contributed by atoms with E-state index in [9.17, 15) is 4.79 Å². The summed E-state index contributed by atoms with van der Waals surface area (Å²) in [5, 5.41) is 0. The van der Waals surface area contributed by atoms with Crippen molar-refractivity contribution in [3.63, 3.8) is 0 Å². The van der Waals surface area contributed by atoms with Gasteiger partial charge in [-0.1, -0.05) is 0 Å². The van der Waals surface area contributed by atoms with Gasteiger partial charge in [-0.25, -0.2) is 0 Å². The number of esters is 1. The lowest BCUT2D eigenvalue weighted by molar-refractivity contribution is -0.302. The summed E-state index contributed by atoms with van der Waals surface area (Å²) >= 11 is 0. The number of rotatable bonds is 6. The van der Waals surface area contributed by atoms with Crippen LogP contribution in [0, 0.1) is 5.41 Å². The SMILES string of the molecule is COCC1(C(=O)OC(C)C)CC(OC)(OC)C1. The maximum absolute atomic E-state index is 12.1. The Hall–Kier alpha value is -0.650. The molecule has 0 amide bonds. The summed E-state index contributed by atoms with van der Waals surface area (Å²) < 4.78 is 21.0. The quantitative estimate of drug-likeness (QED) is 0.523. The van der Waals surface area contributed by atoms with Gasteiger partial charge in [-0.3, -0.25) is 4.79 Å². The first-order chi connectivity index (χ1) is 7.93. The molecule has 0 aromatic carbocycles. The number of carbonyl (C=O) groups excluding carboxylic acids is 1. The molecule has 17 heavy (non-hydrogen) atoms. The summed E-state index contributed by atoms with van der Waals surface area (Å²) in [5.41, 5.74) is -0.634. The molecule has 0 aliphatic heterocycles. The van der Waals surface area contributed by atoms with Crippen LogP contribution < -0.4 is 0 Å². The lowest BCUT2D eigenvalue weighted by atomic mass is 9.64. The van der Waals surface area contributed by atoms with Crippen molar-refractivity contribution in [1.29, 1.82) is 0 Å². The van der Waals surface area contributed by atoms with Gasteiger partial charge in [0, 0.05) is 34.2 Å². The van der Waals surface area contributed by atoms with Crippen LogP contribution in [-0.4, -0.2) is 45.8 Å². The molecule has 5 heteroatoms. The zero-order valence-corrected chi connectivity index (χ0v) is 11.2. The van der Waals surface area contributed by atoms with Crippen molar-refractivity contribution in [2.75, 3.05) is 27.9 Å². The van der Waals surface area contributed by atoms with Gasteiger partial charge < -0.3 is 18.9 Å². The van der Waals surface area contributed by atoms with Gasteiger partial charge in [-0.05, 0) is 13.8 Å². The molecule has 0 spiro atoms. The molecule has 0 atom stereocenters. The highest BCUT2D eigenvalue weighted by Crippen LogP contribution is 2.51. The predicted octanol–water partition coefficient (Wildman–Crippen LogP) is 1.35. The third kappa shape index (κ3) is 2.78. The minimum absolute atomic E-state index is 0.128. The van der Waals surface area contributed by atoms with Gasteiger partial charge >= 0.3 is 5.97 Å². The second-order valence-electron chi connectivity index (χ2n) is 4.84. The maximum atomic E-state index is 12.1. The second kappa shape index (κ2) is 5.33. The molecule has 1 saturated carbocycles. The minimum Gasteiger partial charge on any atom is -0.462 e. The molecule has 0 aromatic rings. The molecule has 0 bridgehead atoms. The fourth-order valence-corrected chi connectivity index (χ4v) is 2.27. The van der Waals surface area contributed by atoms with E-state index in [1.807, 2.05) is 13.8 Å². The maximum Gasteiger partial charge on any atom is 0.315 e. The van der Waals surface area contributed by atoms with E-state index in [2.05, 4.69) is 0 Å². The summed E-state index contributed by atoms with van der Waals surface area (Å²) in [6.07, 6.45) is 0.801. The smallest absolute Gasteiger partial charge is 0.315 e. The molecule has 0 aromatic heterocycles. The predicted molar refractivity (Wildman–Crippen MR) is 61.5 cm³/mol. The molecule has 1 aliphatic rings. The monoisotopic (exact) mass is 246 g/mol. The Morgan fingerprint density at radius 3 is 2.06 bits per heavy atom. The van der Waals surface area contributed by atoms with Gasteiger partial charge in [0.25, 0.3) is 0 Å². The summed E-state index contributed by atoms with van der Waals surface area (Å²) in [7, 11) is 4.73. The Balaban J connectivity index is 2.71. The van der Waals surface area contributed by atoms with Crippen molar-refractivity contribution in [2.24, 2.45) is 5.41 Å². The normalized spacial score (nSPS) is 21.1. The highest BCUT2D eigenvalue weighted by molar-refractivity contribution is 5.79. The molecule has 0 heterocycles. The topological polar surface area (TPSA) is 54.0 Å². The number of carbonyl (C=O) groups is 1. The Labute approximate surface area is 102 Å². The molecule has 0 unspecified atom stereocenters. The van der Waals surface area contributed by atoms with Gasteiger partial charge in [0.1, 0.15) is 5.41 Å². The van der Waals surface area contributed by atoms with Crippen molar-refractivity contribution in [2.45, 2.75) is 38.6 Å². The molecule has 0 N–H and O–H groups in total. The number of hydrogen-bond acceptors (Lipinski definition) is 5. The highest BCUT2D eigenvalue weighted by Gasteiger charge is 2.61. The molecular weight excluding hydrogens is 224 g/mol. The van der Waals surface area contributed by atoms with E-state index >= 15 is 0 Å². The van der Waals surface area contributed by atoms with Crippen LogP contribution in [0.4, 0.5) is 0 Å². The van der Waals surface area contributed by atoms with Crippen LogP contribution in [-0.2, 0) is 23.7 Å². The summed E-state index contributed by atoms with van der Waals surface area (Å²) in [6, 6.07) is 0. The second-order valence-corrected chi connectivity index (χ2v) is 4.84. The van der Waals surface area contributed by atoms with Gasteiger partial charge in [0.15, 0.2) is 5.79 Å². The largest absolute Gasteiger partial charge is 0.462 e. The lowest BCUT2D eigenvalue weighted by Gasteiger charge is -2.51. The van der Waals surface area contributed by atoms with Crippen molar-refractivity contribution in [1.82, 2.24) is 0 Å². The van der Waals surface area contributed by atoms with Crippen LogP contribution in [0.25, 0.3) is 0 Å². The lowest BCUT2D eigenvalue weighted by Crippen LogP contribution is -2.60. The summed E-state index contributed by atoms with van der Waals surface area (Å²) in [4.78, 5) is 12.1. The van der Waals surface area contributed by atoms with Crippen molar-refractivity contribution < 1.29 is 23.7 Å². The third-order valence-electron chi connectivity index (χ3n) is 3.16. The highest BCUT2D eigenvalue weighted by atomic mass is 16.7. The average molecular weight is 246 g/mol. The van der Waals surface area contributed by atoms with E-state index in [0.717, 1.165) is 0 Å². The Morgan fingerprint density at radius 1 is 1.18 bits per heavy atom. The standard InChI is InChI=1S/C12H22O5/c1-9(2)17-10(13)11(8-14-3)6-12(7-11,15-4)16-5/h9H,6-8H2,1-5H3. The third-order valence-corrected chi connectivity index (χ3v) is 3.16. The van der Waals surface area contributed by atoms with Crippen LogP contribution in [0.1, 0.15) is 26.7 Å². The zero-order valence-electron chi connectivity index (χ0n) is 11.2. The van der Waals surface area contributed by atoms with E-state index in [1.165, 1.54) is 0 Å². The fraction of sp³-hybridized carbons (Fsp3) is 0.917. The van der Waals surface area contributed by atoms with E-state index < -0.39 is 11.2 Å². The first kappa shape index (κ1) is 14.4. The van der Waals surface area contributed by atoms with Crippen LogP contribution in [0.5, 0.6) is 0 Å². The number of ether oxygens (including phenoxy) is 4.